The van der Waals surface area contributed by atoms with Gasteiger partial charge in [0.2, 0.25) is 0 Å². The summed E-state index contributed by atoms with van der Waals surface area (Å²) in [4.78, 5) is 9.88. The average Bonchev–Trinajstić information content (AvgIpc) is 2.41. The van der Waals surface area contributed by atoms with Gasteiger partial charge in [0.25, 0.3) is 0 Å². The van der Waals surface area contributed by atoms with E-state index in [1.807, 2.05) is 4.90 Å². The Morgan fingerprint density at radius 2 is 1.18 bits per heavy atom. The lowest BCUT2D eigenvalue weighted by Gasteiger charge is -2.36. The molecule has 0 atom stereocenters. The summed E-state index contributed by atoms with van der Waals surface area (Å²) >= 11 is 0. The van der Waals surface area contributed by atoms with Gasteiger partial charge < -0.3 is 15.0 Å². The lowest BCUT2D eigenvalue weighted by Crippen LogP contribution is -3.16. The van der Waals surface area contributed by atoms with Crippen molar-refractivity contribution in [2.24, 2.45) is 5.34 Å². The molecule has 0 aliphatic heterocycles. The van der Waals surface area contributed by atoms with Crippen molar-refractivity contribution >= 4 is 0 Å². The summed E-state index contributed by atoms with van der Waals surface area (Å²) < 4.78 is 0. The first kappa shape index (κ1) is 14.4. The van der Waals surface area contributed by atoms with E-state index in [4.69, 9.17) is 10.1 Å². The molecule has 0 spiro atoms. The summed E-state index contributed by atoms with van der Waals surface area (Å²) in [6.07, 6.45) is 15.0. The third kappa shape index (κ3) is 5.02. The van der Waals surface area contributed by atoms with E-state index in [1.54, 1.807) is 0 Å². The van der Waals surface area contributed by atoms with Crippen molar-refractivity contribution in [3.05, 3.63) is 10.1 Å². The number of hydrogen-bond acceptors (Lipinski definition) is 3. The molecule has 100 valence electrons. The first-order valence-corrected chi connectivity index (χ1v) is 7.08. The van der Waals surface area contributed by atoms with Crippen LogP contribution in [0.15, 0.2) is 5.34 Å². The smallest absolute Gasteiger partial charge is 0.0874 e. The van der Waals surface area contributed by atoms with Crippen LogP contribution in [0.2, 0.25) is 0 Å². The second-order valence-electron chi connectivity index (χ2n) is 5.49. The van der Waals surface area contributed by atoms with Crippen LogP contribution < -0.4 is 4.90 Å². The quantitative estimate of drug-likeness (QED) is 0.597. The van der Waals surface area contributed by atoms with Crippen LogP contribution in [0.5, 0.6) is 0 Å². The monoisotopic (exact) mass is 242 g/mol. The van der Waals surface area contributed by atoms with Crippen LogP contribution in [0.4, 0.5) is 0 Å². The molecule has 17 heavy (non-hydrogen) atoms. The largest absolute Gasteiger partial charge is 0.444 e. The summed E-state index contributed by atoms with van der Waals surface area (Å²) in [6, 6.07) is 2.01. The molecule has 0 saturated heterocycles. The predicted octanol–water partition coefficient (Wildman–Crippen LogP) is 2.42. The highest BCUT2D eigenvalue weighted by Gasteiger charge is 2.28. The van der Waals surface area contributed by atoms with Crippen LogP contribution in [0.3, 0.4) is 0 Å². The van der Waals surface area contributed by atoms with E-state index in [1.165, 1.54) is 64.2 Å². The maximum Gasteiger partial charge on any atom is 0.0874 e. The van der Waals surface area contributed by atoms with E-state index >= 15 is 0 Å². The predicted molar refractivity (Wildman–Crippen MR) is 69.8 cm³/mol. The van der Waals surface area contributed by atoms with E-state index in [-0.39, 0.29) is 0 Å². The minimum absolute atomic E-state index is 1.00. The van der Waals surface area contributed by atoms with Crippen LogP contribution in [0, 0.1) is 10.1 Å². The zero-order valence-corrected chi connectivity index (χ0v) is 11.0. The Bertz CT molecular complexity index is 182. The Labute approximate surface area is 104 Å². The third-order valence-electron chi connectivity index (χ3n) is 4.50. The Morgan fingerprint density at radius 3 is 1.47 bits per heavy atom. The normalized spacial score (nSPS) is 22.9. The first-order chi connectivity index (χ1) is 8.29. The molecule has 2 fully saturated rings. The number of quaternary nitrogens is 1. The van der Waals surface area contributed by atoms with E-state index in [0.717, 1.165) is 17.4 Å². The molecule has 2 saturated carbocycles. The molecular weight excluding hydrogens is 216 g/mol. The topological polar surface area (TPSA) is 56.9 Å². The van der Waals surface area contributed by atoms with Gasteiger partial charge in [-0.3, -0.25) is 0 Å². The van der Waals surface area contributed by atoms with Crippen molar-refractivity contribution in [3.8, 4) is 0 Å². The summed E-state index contributed by atoms with van der Waals surface area (Å²) in [6.45, 7) is 0. The number of rotatable bonds is 2. The van der Waals surface area contributed by atoms with Gasteiger partial charge in [-0.05, 0) is 51.4 Å². The highest BCUT2D eigenvalue weighted by molar-refractivity contribution is 4.68. The molecule has 0 radical (unpaired) electrons. The minimum Gasteiger partial charge on any atom is -0.444 e. The van der Waals surface area contributed by atoms with Crippen molar-refractivity contribution in [1.82, 2.24) is 0 Å². The highest BCUT2D eigenvalue weighted by Crippen LogP contribution is 2.19. The summed E-state index contributed by atoms with van der Waals surface area (Å²) in [7, 11) is 2.46. The molecule has 2 aliphatic rings. The third-order valence-corrected chi connectivity index (χ3v) is 4.50. The van der Waals surface area contributed by atoms with Gasteiger partial charge in [0.05, 0.1) is 19.1 Å². The van der Waals surface area contributed by atoms with E-state index in [2.05, 4.69) is 7.05 Å². The molecular formula is C13H26N2O2. The van der Waals surface area contributed by atoms with Crippen LogP contribution in [-0.2, 0) is 0 Å². The maximum atomic E-state index is 8.00. The van der Waals surface area contributed by atoms with Crippen LogP contribution in [-0.4, -0.2) is 19.1 Å². The van der Waals surface area contributed by atoms with Gasteiger partial charge in [-0.1, -0.05) is 12.8 Å². The molecule has 0 heterocycles. The van der Waals surface area contributed by atoms with Crippen molar-refractivity contribution in [2.75, 3.05) is 7.05 Å². The summed E-state index contributed by atoms with van der Waals surface area (Å²) in [5, 5.41) is 9.00. The molecule has 2 aliphatic carbocycles. The minimum atomic E-state index is 1.00. The fourth-order valence-corrected chi connectivity index (χ4v) is 3.45. The molecule has 2 rings (SSSR count). The van der Waals surface area contributed by atoms with Gasteiger partial charge in [-0.25, -0.2) is 0 Å². The Balaban J connectivity index is 0.000000437. The Kier molecular flexibility index (Phi) is 7.17. The summed E-state index contributed by atoms with van der Waals surface area (Å²) in [5.74, 6) is 0. The lowest BCUT2D eigenvalue weighted by molar-refractivity contribution is -0.933. The molecule has 0 aromatic heterocycles. The van der Waals surface area contributed by atoms with Crippen molar-refractivity contribution in [2.45, 2.75) is 76.3 Å². The molecule has 0 aromatic carbocycles. The van der Waals surface area contributed by atoms with Gasteiger partial charge in [0, 0.05) is 0 Å². The van der Waals surface area contributed by atoms with Gasteiger partial charge in [-0.2, -0.15) is 0 Å². The van der Waals surface area contributed by atoms with Crippen LogP contribution in [0.25, 0.3) is 0 Å². The molecule has 0 unspecified atom stereocenters. The van der Waals surface area contributed by atoms with Gasteiger partial charge in [0.1, 0.15) is 0 Å². The Hall–Kier alpha value is -0.640. The molecule has 1 N–H and O–H groups in total. The maximum absolute atomic E-state index is 8.00. The van der Waals surface area contributed by atoms with Gasteiger partial charge in [0.15, 0.2) is 0 Å². The SMILES string of the molecule is C[NH+](C1CCCCC1)C1CCCCC1.O=N[O-]. The van der Waals surface area contributed by atoms with Crippen molar-refractivity contribution < 1.29 is 4.90 Å². The van der Waals surface area contributed by atoms with Crippen LogP contribution >= 0.6 is 0 Å². The molecule has 0 bridgehead atoms. The molecule has 0 aromatic rings. The van der Waals surface area contributed by atoms with E-state index in [9.17, 15) is 0 Å². The number of nitrogens with one attached hydrogen (secondary N) is 1. The van der Waals surface area contributed by atoms with Gasteiger partial charge in [-0.15, -0.1) is 5.34 Å². The lowest BCUT2D eigenvalue weighted by atomic mass is 9.89. The number of nitrogens with zero attached hydrogens (tertiary/aromatic N) is 1. The van der Waals surface area contributed by atoms with Gasteiger partial charge >= 0.3 is 0 Å². The fourth-order valence-electron chi connectivity index (χ4n) is 3.45. The highest BCUT2D eigenvalue weighted by atomic mass is 16.6. The van der Waals surface area contributed by atoms with Crippen molar-refractivity contribution in [3.63, 3.8) is 0 Å². The molecule has 4 nitrogen and oxygen atoms in total. The zero-order valence-electron chi connectivity index (χ0n) is 11.0. The van der Waals surface area contributed by atoms with E-state index in [0.29, 0.717) is 0 Å². The molecule has 0 amide bonds. The zero-order chi connectivity index (χ0) is 12.5. The second-order valence-corrected chi connectivity index (χ2v) is 5.49. The van der Waals surface area contributed by atoms with E-state index < -0.39 is 0 Å². The second kappa shape index (κ2) is 8.45. The Morgan fingerprint density at radius 1 is 0.882 bits per heavy atom. The fraction of sp³-hybridized carbons (Fsp3) is 1.00. The van der Waals surface area contributed by atoms with Crippen LogP contribution in [0.1, 0.15) is 64.2 Å². The summed E-state index contributed by atoms with van der Waals surface area (Å²) in [5.41, 5.74) is 0. The standard InChI is InChI=1S/C13H25N.HNO2/c1-14(12-8-4-2-5-9-12)13-10-6-3-7-11-13;2-1-3/h12-13H,2-11H2,1H3;(H,2,3). The number of hydrogen-bond donors (Lipinski definition) is 1. The average molecular weight is 242 g/mol. The van der Waals surface area contributed by atoms with Crippen molar-refractivity contribution in [1.29, 1.82) is 0 Å². The molecule has 4 heteroatoms. The first-order valence-electron chi connectivity index (χ1n) is 7.08.